The molecule has 0 aliphatic rings. The van der Waals surface area contributed by atoms with Gasteiger partial charge in [-0.05, 0) is 38.0 Å². The van der Waals surface area contributed by atoms with Crippen molar-refractivity contribution >= 4 is 28.3 Å². The van der Waals surface area contributed by atoms with Gasteiger partial charge in [0.1, 0.15) is 0 Å². The summed E-state index contributed by atoms with van der Waals surface area (Å²) < 4.78 is 39.7. The monoisotopic (exact) mass is 414 g/mol. The van der Waals surface area contributed by atoms with Gasteiger partial charge in [-0.1, -0.05) is 18.2 Å². The van der Waals surface area contributed by atoms with E-state index < -0.39 is 12.0 Å². The zero-order valence-electron chi connectivity index (χ0n) is 16.2. The highest BCUT2D eigenvalue weighted by Gasteiger charge is 2.36. The van der Waals surface area contributed by atoms with Crippen molar-refractivity contribution < 1.29 is 18.0 Å². The van der Waals surface area contributed by atoms with Gasteiger partial charge in [-0.3, -0.25) is 9.78 Å². The van der Waals surface area contributed by atoms with Crippen molar-refractivity contribution in [3.05, 3.63) is 59.3 Å². The van der Waals surface area contributed by atoms with E-state index in [1.165, 1.54) is 0 Å². The van der Waals surface area contributed by atoms with Crippen molar-refractivity contribution in [2.45, 2.75) is 32.9 Å². The molecule has 0 fully saturated rings. The number of hydrogen-bond donors (Lipinski definition) is 1. The molecular formula is C20H17F3N6O. The third-order valence-corrected chi connectivity index (χ3v) is 4.78. The summed E-state index contributed by atoms with van der Waals surface area (Å²) in [4.78, 5) is 24.3. The van der Waals surface area contributed by atoms with Gasteiger partial charge in [0.25, 0.3) is 11.6 Å². The van der Waals surface area contributed by atoms with Gasteiger partial charge < -0.3 is 5.32 Å². The van der Waals surface area contributed by atoms with Crippen LogP contribution in [0.25, 0.3) is 16.7 Å². The van der Waals surface area contributed by atoms with E-state index in [0.29, 0.717) is 29.1 Å². The molecular weight excluding hydrogens is 397 g/mol. The van der Waals surface area contributed by atoms with Gasteiger partial charge in [0.05, 0.1) is 17.4 Å². The third kappa shape index (κ3) is 3.80. The van der Waals surface area contributed by atoms with E-state index in [2.05, 4.69) is 25.4 Å². The molecule has 0 saturated heterocycles. The van der Waals surface area contributed by atoms with Crippen LogP contribution in [-0.4, -0.2) is 30.5 Å². The third-order valence-electron chi connectivity index (χ3n) is 4.78. The summed E-state index contributed by atoms with van der Waals surface area (Å²) in [5.74, 6) is -1.59. The second-order valence-corrected chi connectivity index (χ2v) is 6.87. The van der Waals surface area contributed by atoms with Crippen LogP contribution in [0.2, 0.25) is 0 Å². The van der Waals surface area contributed by atoms with Crippen molar-refractivity contribution in [2.24, 2.45) is 0 Å². The van der Waals surface area contributed by atoms with Crippen LogP contribution in [-0.2, 0) is 17.4 Å². The molecule has 0 unspecified atom stereocenters. The first-order valence-electron chi connectivity index (χ1n) is 9.17. The first kappa shape index (κ1) is 19.7. The summed E-state index contributed by atoms with van der Waals surface area (Å²) >= 11 is 0. The van der Waals surface area contributed by atoms with Gasteiger partial charge in [0, 0.05) is 23.2 Å². The molecule has 1 amide bonds. The van der Waals surface area contributed by atoms with Crippen LogP contribution in [0.5, 0.6) is 0 Å². The molecule has 0 aliphatic carbocycles. The lowest BCUT2D eigenvalue weighted by atomic mass is 10.1. The van der Waals surface area contributed by atoms with Gasteiger partial charge in [-0.25, -0.2) is 9.50 Å². The molecule has 10 heteroatoms. The van der Waals surface area contributed by atoms with Crippen LogP contribution in [0.4, 0.5) is 18.9 Å². The predicted octanol–water partition coefficient (Wildman–Crippen LogP) is 3.88. The number of nitrogens with one attached hydrogen (secondary N) is 1. The number of carbonyl (C=O) groups is 1. The minimum atomic E-state index is -4.65. The second-order valence-electron chi connectivity index (χ2n) is 6.87. The Labute approximate surface area is 169 Å². The number of benzene rings is 1. The Morgan fingerprint density at radius 1 is 1.17 bits per heavy atom. The van der Waals surface area contributed by atoms with E-state index in [-0.39, 0.29) is 18.1 Å². The Kier molecular flexibility index (Phi) is 4.84. The standard InChI is InChI=1S/C20H17F3N6O/c1-11-15(12(2)29-19(25-11)27-18(28-29)20(21,22)23)7-8-17(30)26-14-9-13-5-3-4-6-16(13)24-10-14/h3-6,9-10H,7-8H2,1-2H3,(H,26,30). The second kappa shape index (κ2) is 7.36. The maximum atomic E-state index is 12.9. The van der Waals surface area contributed by atoms with Gasteiger partial charge in [-0.2, -0.15) is 18.2 Å². The van der Waals surface area contributed by atoms with E-state index >= 15 is 0 Å². The van der Waals surface area contributed by atoms with Crippen LogP contribution in [0, 0.1) is 13.8 Å². The van der Waals surface area contributed by atoms with E-state index in [9.17, 15) is 18.0 Å². The van der Waals surface area contributed by atoms with Crippen LogP contribution < -0.4 is 5.32 Å². The smallest absolute Gasteiger partial charge is 0.325 e. The first-order valence-corrected chi connectivity index (χ1v) is 9.17. The lowest BCUT2D eigenvalue weighted by Gasteiger charge is -2.10. The number of alkyl halides is 3. The number of carbonyl (C=O) groups excluding carboxylic acids is 1. The molecule has 1 N–H and O–H groups in total. The number of rotatable bonds is 4. The topological polar surface area (TPSA) is 85.1 Å². The maximum absolute atomic E-state index is 12.9. The number of nitrogens with zero attached hydrogens (tertiary/aromatic N) is 5. The molecule has 1 aromatic carbocycles. The Morgan fingerprint density at radius 2 is 1.93 bits per heavy atom. The fourth-order valence-corrected chi connectivity index (χ4v) is 3.29. The molecule has 0 spiro atoms. The lowest BCUT2D eigenvalue weighted by molar-refractivity contribution is -0.144. The Hall–Kier alpha value is -3.56. The molecule has 0 atom stereocenters. The van der Waals surface area contributed by atoms with E-state index in [1.807, 2.05) is 30.3 Å². The molecule has 3 aromatic heterocycles. The average molecular weight is 414 g/mol. The van der Waals surface area contributed by atoms with Crippen molar-refractivity contribution in [1.82, 2.24) is 24.6 Å². The molecule has 4 aromatic rings. The Bertz CT molecular complexity index is 1260. The molecule has 0 radical (unpaired) electrons. The van der Waals surface area contributed by atoms with E-state index in [1.54, 1.807) is 20.0 Å². The van der Waals surface area contributed by atoms with Gasteiger partial charge in [0.15, 0.2) is 0 Å². The highest BCUT2D eigenvalue weighted by molar-refractivity contribution is 5.93. The fraction of sp³-hybridized carbons (Fsp3) is 0.250. The zero-order chi connectivity index (χ0) is 21.5. The number of fused-ring (bicyclic) bond motifs is 2. The summed E-state index contributed by atoms with van der Waals surface area (Å²) in [6.07, 6.45) is -2.64. The fourth-order valence-electron chi connectivity index (χ4n) is 3.29. The van der Waals surface area contributed by atoms with Crippen LogP contribution in [0.1, 0.15) is 29.2 Å². The number of hydrogen-bond acceptors (Lipinski definition) is 5. The summed E-state index contributed by atoms with van der Waals surface area (Å²) in [5.41, 5.74) is 3.05. The zero-order valence-corrected chi connectivity index (χ0v) is 16.2. The quantitative estimate of drug-likeness (QED) is 0.548. The largest absolute Gasteiger partial charge is 0.453 e. The van der Waals surface area contributed by atoms with Gasteiger partial charge in [0.2, 0.25) is 5.91 Å². The molecule has 7 nitrogen and oxygen atoms in total. The predicted molar refractivity (Wildman–Crippen MR) is 104 cm³/mol. The van der Waals surface area contributed by atoms with Crippen molar-refractivity contribution in [1.29, 1.82) is 0 Å². The highest BCUT2D eigenvalue weighted by atomic mass is 19.4. The highest BCUT2D eigenvalue weighted by Crippen LogP contribution is 2.27. The number of aryl methyl sites for hydroxylation is 2. The maximum Gasteiger partial charge on any atom is 0.453 e. The van der Waals surface area contributed by atoms with E-state index in [0.717, 1.165) is 15.4 Å². The number of anilines is 1. The van der Waals surface area contributed by atoms with E-state index in [4.69, 9.17) is 0 Å². The van der Waals surface area contributed by atoms with Gasteiger partial charge >= 0.3 is 6.18 Å². The summed E-state index contributed by atoms with van der Waals surface area (Å²) in [6.45, 7) is 3.31. The number of pyridine rings is 1. The number of amides is 1. The SMILES string of the molecule is Cc1nc2nc(C(F)(F)F)nn2c(C)c1CCC(=O)Nc1cnc2ccccc2c1. The molecule has 0 bridgehead atoms. The van der Waals surface area contributed by atoms with Crippen molar-refractivity contribution in [3.8, 4) is 0 Å². The molecule has 0 aliphatic heterocycles. The van der Waals surface area contributed by atoms with Gasteiger partial charge in [-0.15, -0.1) is 5.10 Å². The van der Waals surface area contributed by atoms with Crippen LogP contribution in [0.15, 0.2) is 36.5 Å². The Balaban J connectivity index is 1.51. The summed E-state index contributed by atoms with van der Waals surface area (Å²) in [6, 6.07) is 9.38. The first-order chi connectivity index (χ1) is 14.2. The molecule has 30 heavy (non-hydrogen) atoms. The molecule has 4 rings (SSSR count). The summed E-state index contributed by atoms with van der Waals surface area (Å²) in [7, 11) is 0. The normalized spacial score (nSPS) is 11.9. The molecule has 0 saturated carbocycles. The molecule has 3 heterocycles. The lowest BCUT2D eigenvalue weighted by Crippen LogP contribution is -2.14. The minimum absolute atomic E-state index is 0.118. The Morgan fingerprint density at radius 3 is 2.70 bits per heavy atom. The minimum Gasteiger partial charge on any atom is -0.325 e. The summed E-state index contributed by atoms with van der Waals surface area (Å²) in [5, 5.41) is 7.22. The van der Waals surface area contributed by atoms with Crippen molar-refractivity contribution in [2.75, 3.05) is 5.32 Å². The van der Waals surface area contributed by atoms with Crippen molar-refractivity contribution in [3.63, 3.8) is 0 Å². The average Bonchev–Trinajstić information content (AvgIpc) is 3.12. The number of halogens is 3. The number of aromatic nitrogens is 5. The van der Waals surface area contributed by atoms with Crippen LogP contribution >= 0.6 is 0 Å². The van der Waals surface area contributed by atoms with Crippen LogP contribution in [0.3, 0.4) is 0 Å². The number of para-hydroxylation sites is 1. The molecule has 154 valence electrons.